The summed E-state index contributed by atoms with van der Waals surface area (Å²) in [6, 6.07) is 5.47. The fraction of sp³-hybridized carbons (Fsp3) is 0.385. The standard InChI is InChI=1S/C13H15BrO4/c1-13(2,7-10(15)12(16)17)8-4-5-9(14)11(6-8)18-3/h4-6H,7H2,1-3H3,(H,16,17). The molecule has 0 aliphatic rings. The molecular weight excluding hydrogens is 300 g/mol. The fourth-order valence-corrected chi connectivity index (χ4v) is 2.07. The van der Waals surface area contributed by atoms with Crippen LogP contribution >= 0.6 is 15.9 Å². The highest BCUT2D eigenvalue weighted by atomic mass is 79.9. The van der Waals surface area contributed by atoms with Crippen LogP contribution in [0.5, 0.6) is 5.75 Å². The van der Waals surface area contributed by atoms with Crippen LogP contribution in [0.4, 0.5) is 0 Å². The van der Waals surface area contributed by atoms with Gasteiger partial charge in [0.15, 0.2) is 0 Å². The monoisotopic (exact) mass is 314 g/mol. The molecule has 0 unspecified atom stereocenters. The Bertz CT molecular complexity index is 480. The van der Waals surface area contributed by atoms with Crippen molar-refractivity contribution in [2.45, 2.75) is 25.7 Å². The van der Waals surface area contributed by atoms with Crippen molar-refractivity contribution in [1.82, 2.24) is 0 Å². The van der Waals surface area contributed by atoms with Crippen molar-refractivity contribution in [1.29, 1.82) is 0 Å². The lowest BCUT2D eigenvalue weighted by Crippen LogP contribution is -2.26. The van der Waals surface area contributed by atoms with Gasteiger partial charge in [0, 0.05) is 6.42 Å². The lowest BCUT2D eigenvalue weighted by Gasteiger charge is -2.24. The number of methoxy groups -OCH3 is 1. The normalized spacial score (nSPS) is 11.1. The van der Waals surface area contributed by atoms with E-state index in [2.05, 4.69) is 15.9 Å². The average molecular weight is 315 g/mol. The molecule has 0 aromatic heterocycles. The number of carbonyl (C=O) groups excluding carboxylic acids is 1. The summed E-state index contributed by atoms with van der Waals surface area (Å²) >= 11 is 3.35. The SMILES string of the molecule is COc1cc(C(C)(C)CC(=O)C(=O)O)ccc1Br. The number of rotatable bonds is 5. The number of hydrogen-bond donors (Lipinski definition) is 1. The topological polar surface area (TPSA) is 63.6 Å². The third-order valence-electron chi connectivity index (χ3n) is 2.77. The number of carbonyl (C=O) groups is 2. The summed E-state index contributed by atoms with van der Waals surface area (Å²) < 4.78 is 6.00. The number of ketones is 1. The molecule has 4 nitrogen and oxygen atoms in total. The molecule has 0 spiro atoms. The summed E-state index contributed by atoms with van der Waals surface area (Å²) in [5, 5.41) is 8.66. The third kappa shape index (κ3) is 3.32. The highest BCUT2D eigenvalue weighted by Crippen LogP contribution is 2.33. The van der Waals surface area contributed by atoms with E-state index in [0.29, 0.717) is 5.75 Å². The van der Waals surface area contributed by atoms with Crippen LogP contribution in [0.1, 0.15) is 25.8 Å². The molecule has 1 rings (SSSR count). The molecule has 0 heterocycles. The first-order valence-electron chi connectivity index (χ1n) is 5.38. The van der Waals surface area contributed by atoms with Gasteiger partial charge in [0.1, 0.15) is 5.75 Å². The molecule has 0 bridgehead atoms. The fourth-order valence-electron chi connectivity index (χ4n) is 1.66. The quantitative estimate of drug-likeness (QED) is 0.849. The maximum Gasteiger partial charge on any atom is 0.372 e. The van der Waals surface area contributed by atoms with E-state index in [1.54, 1.807) is 13.2 Å². The Morgan fingerprint density at radius 1 is 1.39 bits per heavy atom. The number of halogens is 1. The number of hydrogen-bond acceptors (Lipinski definition) is 3. The smallest absolute Gasteiger partial charge is 0.372 e. The molecule has 0 atom stereocenters. The van der Waals surface area contributed by atoms with Crippen LogP contribution in [-0.2, 0) is 15.0 Å². The van der Waals surface area contributed by atoms with E-state index in [0.717, 1.165) is 10.0 Å². The molecule has 0 fully saturated rings. The zero-order valence-corrected chi connectivity index (χ0v) is 12.1. The first-order valence-corrected chi connectivity index (χ1v) is 6.17. The van der Waals surface area contributed by atoms with Gasteiger partial charge >= 0.3 is 5.97 Å². The molecule has 0 saturated carbocycles. The predicted molar refractivity (Wildman–Crippen MR) is 71.0 cm³/mol. The van der Waals surface area contributed by atoms with Gasteiger partial charge in [-0.25, -0.2) is 4.79 Å². The van der Waals surface area contributed by atoms with E-state index in [9.17, 15) is 9.59 Å². The number of aliphatic carboxylic acids is 1. The molecule has 1 aromatic carbocycles. The Labute approximate surface area is 114 Å². The Morgan fingerprint density at radius 3 is 2.50 bits per heavy atom. The number of ether oxygens (including phenoxy) is 1. The zero-order valence-electron chi connectivity index (χ0n) is 10.5. The van der Waals surface area contributed by atoms with Gasteiger partial charge < -0.3 is 9.84 Å². The minimum atomic E-state index is -1.40. The molecule has 0 aliphatic heterocycles. The predicted octanol–water partition coefficient (Wildman–Crippen LogP) is 2.78. The van der Waals surface area contributed by atoms with Gasteiger partial charge in [0.25, 0.3) is 0 Å². The maximum atomic E-state index is 11.3. The first-order chi connectivity index (χ1) is 8.27. The average Bonchev–Trinajstić information content (AvgIpc) is 2.28. The Balaban J connectivity index is 3.04. The molecule has 98 valence electrons. The summed E-state index contributed by atoms with van der Waals surface area (Å²) in [5.74, 6) is -1.53. The van der Waals surface area contributed by atoms with E-state index in [1.807, 2.05) is 26.0 Å². The summed E-state index contributed by atoms with van der Waals surface area (Å²) in [5.41, 5.74) is 0.306. The van der Waals surface area contributed by atoms with Gasteiger partial charge in [-0.05, 0) is 39.0 Å². The third-order valence-corrected chi connectivity index (χ3v) is 3.43. The molecule has 1 aromatic rings. The maximum absolute atomic E-state index is 11.3. The van der Waals surface area contributed by atoms with Gasteiger partial charge in [-0.1, -0.05) is 19.9 Å². The van der Waals surface area contributed by atoms with E-state index in [-0.39, 0.29) is 6.42 Å². The van der Waals surface area contributed by atoms with Crippen LogP contribution in [-0.4, -0.2) is 24.0 Å². The Hall–Kier alpha value is -1.36. The van der Waals surface area contributed by atoms with Crippen LogP contribution in [0.15, 0.2) is 22.7 Å². The van der Waals surface area contributed by atoms with Crippen molar-refractivity contribution in [2.75, 3.05) is 7.11 Å². The van der Waals surface area contributed by atoms with Gasteiger partial charge in [-0.3, -0.25) is 4.79 Å². The second-order valence-electron chi connectivity index (χ2n) is 4.64. The van der Waals surface area contributed by atoms with Gasteiger partial charge in [-0.15, -0.1) is 0 Å². The molecule has 0 radical (unpaired) electrons. The van der Waals surface area contributed by atoms with Gasteiger partial charge in [0.2, 0.25) is 5.78 Å². The Kier molecular flexibility index (Phi) is 4.51. The highest BCUT2D eigenvalue weighted by molar-refractivity contribution is 9.10. The largest absolute Gasteiger partial charge is 0.496 e. The molecule has 0 amide bonds. The van der Waals surface area contributed by atoms with Gasteiger partial charge in [0.05, 0.1) is 11.6 Å². The van der Waals surface area contributed by atoms with Crippen molar-refractivity contribution < 1.29 is 19.4 Å². The number of Topliss-reactive ketones (excluding diaryl/α,β-unsaturated/α-hetero) is 1. The van der Waals surface area contributed by atoms with Crippen LogP contribution < -0.4 is 4.74 Å². The van der Waals surface area contributed by atoms with E-state index < -0.39 is 17.2 Å². The lowest BCUT2D eigenvalue weighted by atomic mass is 9.80. The summed E-state index contributed by atoms with van der Waals surface area (Å²) in [6.45, 7) is 3.66. The van der Waals surface area contributed by atoms with Crippen LogP contribution in [0, 0.1) is 0 Å². The second kappa shape index (κ2) is 5.52. The summed E-state index contributed by atoms with van der Waals surface area (Å²) in [4.78, 5) is 21.9. The van der Waals surface area contributed by atoms with Crippen LogP contribution in [0.2, 0.25) is 0 Å². The molecule has 1 N–H and O–H groups in total. The van der Waals surface area contributed by atoms with Crippen molar-refractivity contribution in [3.05, 3.63) is 28.2 Å². The minimum absolute atomic E-state index is 0.0485. The molecular formula is C13H15BrO4. The van der Waals surface area contributed by atoms with Crippen molar-refractivity contribution >= 4 is 27.7 Å². The Morgan fingerprint density at radius 2 is 2.00 bits per heavy atom. The molecule has 18 heavy (non-hydrogen) atoms. The van der Waals surface area contributed by atoms with Crippen LogP contribution in [0.3, 0.4) is 0 Å². The second-order valence-corrected chi connectivity index (χ2v) is 5.49. The van der Waals surface area contributed by atoms with E-state index in [4.69, 9.17) is 9.84 Å². The summed E-state index contributed by atoms with van der Waals surface area (Å²) in [6.07, 6.45) is -0.0485. The number of carboxylic acid groups (broad SMARTS) is 1. The zero-order chi connectivity index (χ0) is 13.9. The highest BCUT2D eigenvalue weighted by Gasteiger charge is 2.28. The number of benzene rings is 1. The van der Waals surface area contributed by atoms with Crippen molar-refractivity contribution in [3.8, 4) is 5.75 Å². The van der Waals surface area contributed by atoms with Gasteiger partial charge in [-0.2, -0.15) is 0 Å². The summed E-state index contributed by atoms with van der Waals surface area (Å²) in [7, 11) is 1.55. The molecule has 0 saturated heterocycles. The molecule has 0 aliphatic carbocycles. The molecule has 5 heteroatoms. The lowest BCUT2D eigenvalue weighted by molar-refractivity contribution is -0.149. The van der Waals surface area contributed by atoms with E-state index >= 15 is 0 Å². The number of carboxylic acids is 1. The minimum Gasteiger partial charge on any atom is -0.496 e. The van der Waals surface area contributed by atoms with Crippen molar-refractivity contribution in [3.63, 3.8) is 0 Å². The first kappa shape index (κ1) is 14.7. The van der Waals surface area contributed by atoms with Crippen LogP contribution in [0.25, 0.3) is 0 Å². The van der Waals surface area contributed by atoms with Crippen molar-refractivity contribution in [2.24, 2.45) is 0 Å². The van der Waals surface area contributed by atoms with E-state index in [1.165, 1.54) is 0 Å².